The van der Waals surface area contributed by atoms with E-state index in [1.54, 1.807) is 35.2 Å². The van der Waals surface area contributed by atoms with Crippen LogP contribution in [0.1, 0.15) is 27.2 Å². The summed E-state index contributed by atoms with van der Waals surface area (Å²) in [6.45, 7) is 2.64. The first-order chi connectivity index (χ1) is 15.0. The second kappa shape index (κ2) is 9.03. The standard InChI is InChI=1S/C23H23FN2O4S/c1-14-21(22(28)25-19-8-9-26(10-11-27)23(19)29)17-12-16(6-7-20(17)31-14)30-13-15-4-2-3-5-18(15)24/h2-7,12,19,27H,8-11,13H2,1H3,(H,25,28)/t19-/m0/s1. The molecule has 31 heavy (non-hydrogen) atoms. The van der Waals surface area contributed by atoms with Crippen molar-refractivity contribution in [2.45, 2.75) is 26.0 Å². The van der Waals surface area contributed by atoms with Gasteiger partial charge in [-0.05, 0) is 37.6 Å². The molecule has 8 heteroatoms. The molecule has 1 aromatic heterocycles. The van der Waals surface area contributed by atoms with Crippen molar-refractivity contribution < 1.29 is 23.8 Å². The summed E-state index contributed by atoms with van der Waals surface area (Å²) in [6.07, 6.45) is 0.517. The molecule has 6 nitrogen and oxygen atoms in total. The highest BCUT2D eigenvalue weighted by Gasteiger charge is 2.33. The summed E-state index contributed by atoms with van der Waals surface area (Å²) in [4.78, 5) is 27.8. The van der Waals surface area contributed by atoms with Gasteiger partial charge in [-0.3, -0.25) is 9.59 Å². The molecule has 0 radical (unpaired) electrons. The topological polar surface area (TPSA) is 78.9 Å². The zero-order chi connectivity index (χ0) is 22.0. The quantitative estimate of drug-likeness (QED) is 0.589. The van der Waals surface area contributed by atoms with E-state index in [0.29, 0.717) is 29.8 Å². The number of thiophene rings is 1. The minimum Gasteiger partial charge on any atom is -0.489 e. The van der Waals surface area contributed by atoms with Crippen LogP contribution in [0, 0.1) is 12.7 Å². The Bertz CT molecular complexity index is 1130. The number of aryl methyl sites for hydroxylation is 1. The average Bonchev–Trinajstić information content (AvgIpc) is 3.26. The number of amides is 2. The van der Waals surface area contributed by atoms with E-state index in [1.165, 1.54) is 17.4 Å². The Morgan fingerprint density at radius 3 is 2.90 bits per heavy atom. The molecule has 1 aliphatic heterocycles. The molecule has 2 heterocycles. The molecule has 2 aromatic carbocycles. The number of β-amino-alcohol motifs (C(OH)–C–C–N with tert-alkyl or cyclic N) is 1. The summed E-state index contributed by atoms with van der Waals surface area (Å²) in [5.41, 5.74) is 0.971. The van der Waals surface area contributed by atoms with Crippen molar-refractivity contribution in [2.75, 3.05) is 19.7 Å². The zero-order valence-corrected chi connectivity index (χ0v) is 17.9. The number of halogens is 1. The van der Waals surface area contributed by atoms with Gasteiger partial charge in [0.2, 0.25) is 5.91 Å². The van der Waals surface area contributed by atoms with Gasteiger partial charge in [-0.2, -0.15) is 0 Å². The van der Waals surface area contributed by atoms with Gasteiger partial charge in [-0.1, -0.05) is 18.2 Å². The SMILES string of the molecule is Cc1sc2ccc(OCc3ccccc3F)cc2c1C(=O)N[C@H]1CCN(CCO)C1=O. The zero-order valence-electron chi connectivity index (χ0n) is 17.1. The highest BCUT2D eigenvalue weighted by atomic mass is 32.1. The van der Waals surface area contributed by atoms with Crippen LogP contribution in [0.25, 0.3) is 10.1 Å². The molecule has 1 atom stereocenters. The maximum Gasteiger partial charge on any atom is 0.253 e. The first-order valence-electron chi connectivity index (χ1n) is 10.1. The van der Waals surface area contributed by atoms with Crippen LogP contribution >= 0.6 is 11.3 Å². The van der Waals surface area contributed by atoms with Crippen molar-refractivity contribution in [1.29, 1.82) is 0 Å². The van der Waals surface area contributed by atoms with E-state index in [4.69, 9.17) is 9.84 Å². The van der Waals surface area contributed by atoms with Gasteiger partial charge >= 0.3 is 0 Å². The van der Waals surface area contributed by atoms with E-state index in [-0.39, 0.29) is 37.4 Å². The lowest BCUT2D eigenvalue weighted by atomic mass is 10.1. The highest BCUT2D eigenvalue weighted by molar-refractivity contribution is 7.19. The van der Waals surface area contributed by atoms with Crippen LogP contribution in [0.2, 0.25) is 0 Å². The lowest BCUT2D eigenvalue weighted by Gasteiger charge is -2.15. The fraction of sp³-hybridized carbons (Fsp3) is 0.304. The van der Waals surface area contributed by atoms with Gasteiger partial charge in [-0.15, -0.1) is 11.3 Å². The second-order valence-electron chi connectivity index (χ2n) is 7.43. The van der Waals surface area contributed by atoms with Gasteiger partial charge in [0, 0.05) is 33.6 Å². The van der Waals surface area contributed by atoms with Gasteiger partial charge in [0.15, 0.2) is 0 Å². The summed E-state index contributed by atoms with van der Waals surface area (Å²) in [7, 11) is 0. The van der Waals surface area contributed by atoms with Crippen molar-refractivity contribution in [2.24, 2.45) is 0 Å². The summed E-state index contributed by atoms with van der Waals surface area (Å²) >= 11 is 1.50. The number of hydrogen-bond acceptors (Lipinski definition) is 5. The monoisotopic (exact) mass is 442 g/mol. The predicted octanol–water partition coefficient (Wildman–Crippen LogP) is 3.25. The number of aliphatic hydroxyl groups is 1. The number of nitrogens with one attached hydrogen (secondary N) is 1. The molecule has 1 aliphatic rings. The minimum absolute atomic E-state index is 0.0834. The number of aliphatic hydroxyl groups excluding tert-OH is 1. The molecule has 0 spiro atoms. The highest BCUT2D eigenvalue weighted by Crippen LogP contribution is 2.34. The molecule has 0 bridgehead atoms. The number of likely N-dealkylation sites (tertiary alicyclic amines) is 1. The summed E-state index contributed by atoms with van der Waals surface area (Å²) < 4.78 is 20.5. The first kappa shape index (κ1) is 21.3. The number of fused-ring (bicyclic) bond motifs is 1. The van der Waals surface area contributed by atoms with Crippen LogP contribution in [-0.2, 0) is 11.4 Å². The lowest BCUT2D eigenvalue weighted by Crippen LogP contribution is -2.42. The van der Waals surface area contributed by atoms with Crippen LogP contribution in [0.5, 0.6) is 5.75 Å². The minimum atomic E-state index is -0.589. The third-order valence-electron chi connectivity index (χ3n) is 5.39. The normalized spacial score (nSPS) is 16.2. The van der Waals surface area contributed by atoms with E-state index >= 15 is 0 Å². The molecule has 1 saturated heterocycles. The first-order valence-corrected chi connectivity index (χ1v) is 10.9. The summed E-state index contributed by atoms with van der Waals surface area (Å²) in [5.74, 6) is -0.270. The molecule has 2 N–H and O–H groups in total. The molecule has 4 rings (SSSR count). The van der Waals surface area contributed by atoms with Crippen molar-refractivity contribution in [3.63, 3.8) is 0 Å². The largest absolute Gasteiger partial charge is 0.489 e. The van der Waals surface area contributed by atoms with Gasteiger partial charge in [0.05, 0.1) is 12.2 Å². The maximum absolute atomic E-state index is 13.8. The number of hydrogen-bond donors (Lipinski definition) is 2. The fourth-order valence-electron chi connectivity index (χ4n) is 3.79. The molecule has 3 aromatic rings. The Labute approximate surface area is 183 Å². The van der Waals surface area contributed by atoms with Crippen LogP contribution in [0.3, 0.4) is 0 Å². The number of benzene rings is 2. The Kier molecular flexibility index (Phi) is 6.20. The molecule has 0 aliphatic carbocycles. The average molecular weight is 443 g/mol. The molecular formula is C23H23FN2O4S. The van der Waals surface area contributed by atoms with Gasteiger partial charge in [0.1, 0.15) is 24.2 Å². The Hall–Kier alpha value is -2.97. The smallest absolute Gasteiger partial charge is 0.253 e. The van der Waals surface area contributed by atoms with E-state index in [1.807, 2.05) is 13.0 Å². The number of carbonyl (C=O) groups is 2. The van der Waals surface area contributed by atoms with E-state index in [0.717, 1.165) is 15.0 Å². The molecule has 162 valence electrons. The lowest BCUT2D eigenvalue weighted by molar-refractivity contribution is -0.129. The van der Waals surface area contributed by atoms with Crippen molar-refractivity contribution in [1.82, 2.24) is 10.2 Å². The Balaban J connectivity index is 1.53. The number of rotatable bonds is 7. The number of ether oxygens (including phenoxy) is 1. The van der Waals surface area contributed by atoms with Crippen molar-refractivity contribution >= 4 is 33.2 Å². The third kappa shape index (κ3) is 4.40. The van der Waals surface area contributed by atoms with Gasteiger partial charge < -0.3 is 20.1 Å². The van der Waals surface area contributed by atoms with Crippen molar-refractivity contribution in [3.05, 3.63) is 64.3 Å². The number of nitrogens with zero attached hydrogens (tertiary/aromatic N) is 1. The Morgan fingerprint density at radius 2 is 2.13 bits per heavy atom. The van der Waals surface area contributed by atoms with Crippen molar-refractivity contribution in [3.8, 4) is 5.75 Å². The fourth-order valence-corrected chi connectivity index (χ4v) is 4.84. The van der Waals surface area contributed by atoms with Crippen LogP contribution < -0.4 is 10.1 Å². The maximum atomic E-state index is 13.8. The molecule has 0 unspecified atom stereocenters. The summed E-state index contributed by atoms with van der Waals surface area (Å²) in [5, 5.41) is 12.6. The third-order valence-corrected chi connectivity index (χ3v) is 6.47. The Morgan fingerprint density at radius 1 is 1.32 bits per heavy atom. The molecule has 0 saturated carbocycles. The van der Waals surface area contributed by atoms with Crippen LogP contribution in [0.15, 0.2) is 42.5 Å². The van der Waals surface area contributed by atoms with Gasteiger partial charge in [0.25, 0.3) is 5.91 Å². The number of carbonyl (C=O) groups excluding carboxylic acids is 2. The second-order valence-corrected chi connectivity index (χ2v) is 8.69. The summed E-state index contributed by atoms with van der Waals surface area (Å²) in [6, 6.07) is 11.3. The van der Waals surface area contributed by atoms with E-state index in [2.05, 4.69) is 5.32 Å². The van der Waals surface area contributed by atoms with Crippen LogP contribution in [0.4, 0.5) is 4.39 Å². The molecule has 1 fully saturated rings. The van der Waals surface area contributed by atoms with Crippen LogP contribution in [-0.4, -0.2) is 47.6 Å². The molecule has 2 amide bonds. The van der Waals surface area contributed by atoms with E-state index in [9.17, 15) is 14.0 Å². The van der Waals surface area contributed by atoms with Gasteiger partial charge in [-0.25, -0.2) is 4.39 Å². The van der Waals surface area contributed by atoms with E-state index < -0.39 is 6.04 Å². The molecular weight excluding hydrogens is 419 g/mol. The predicted molar refractivity (Wildman–Crippen MR) is 117 cm³/mol.